The number of benzene rings is 2. The Balaban J connectivity index is 1.48. The molecule has 2 aromatic carbocycles. The number of rotatable bonds is 7. The van der Waals surface area contributed by atoms with Crippen LogP contribution in [-0.2, 0) is 13.1 Å². The molecule has 2 N–H and O–H groups in total. The second-order valence-electron chi connectivity index (χ2n) is 7.63. The van der Waals surface area contributed by atoms with E-state index >= 15 is 0 Å². The summed E-state index contributed by atoms with van der Waals surface area (Å²) in [5.74, 6) is -1.29. The summed E-state index contributed by atoms with van der Waals surface area (Å²) >= 11 is 5.86. The minimum Gasteiger partial charge on any atom is -0.493 e. The number of ether oxygens (including phenoxy) is 1. The van der Waals surface area contributed by atoms with E-state index < -0.39 is 29.6 Å². The van der Waals surface area contributed by atoms with Gasteiger partial charge in [0.15, 0.2) is 0 Å². The van der Waals surface area contributed by atoms with Gasteiger partial charge in [-0.2, -0.15) is 0 Å². The molecule has 0 aliphatic heterocycles. The lowest BCUT2D eigenvalue weighted by molar-refractivity contribution is -0.274. The van der Waals surface area contributed by atoms with Crippen LogP contribution in [0, 0.1) is 0 Å². The van der Waals surface area contributed by atoms with Gasteiger partial charge in [-0.25, -0.2) is 9.36 Å². The number of halogens is 4. The van der Waals surface area contributed by atoms with Crippen LogP contribution in [0.4, 0.5) is 13.2 Å². The summed E-state index contributed by atoms with van der Waals surface area (Å²) in [5.41, 5.74) is 1.06. The first-order chi connectivity index (χ1) is 17.1. The van der Waals surface area contributed by atoms with Gasteiger partial charge in [0, 0.05) is 17.8 Å². The van der Waals surface area contributed by atoms with Crippen molar-refractivity contribution in [2.45, 2.75) is 19.5 Å². The van der Waals surface area contributed by atoms with Crippen molar-refractivity contribution in [3.8, 4) is 17.3 Å². The van der Waals surface area contributed by atoms with E-state index in [4.69, 9.17) is 11.6 Å². The molecule has 0 aliphatic carbocycles. The van der Waals surface area contributed by atoms with Gasteiger partial charge >= 0.3 is 12.1 Å². The number of aromatic nitrogens is 3. The molecule has 0 spiro atoms. The number of nitrogens with one attached hydrogen (secondary N) is 1. The Hall–Kier alpha value is -4.25. The number of imidazole rings is 1. The SMILES string of the molecule is O=C(NCc1ccc(Cl)cc1)c1cc(Cn2cc(O)n(-c3ccc(OC(F)(F)F)cc3)c2=O)ccn1. The fourth-order valence-corrected chi connectivity index (χ4v) is 3.53. The van der Waals surface area contributed by atoms with Crippen LogP contribution in [-0.4, -0.2) is 31.5 Å². The van der Waals surface area contributed by atoms with Crippen LogP contribution in [0.1, 0.15) is 21.6 Å². The molecule has 0 bridgehead atoms. The quantitative estimate of drug-likeness (QED) is 0.381. The largest absolute Gasteiger partial charge is 0.573 e. The smallest absolute Gasteiger partial charge is 0.493 e. The van der Waals surface area contributed by atoms with Gasteiger partial charge in [0.05, 0.1) is 18.4 Å². The molecule has 0 fully saturated rings. The van der Waals surface area contributed by atoms with E-state index in [0.29, 0.717) is 10.6 Å². The molecule has 4 rings (SSSR count). The van der Waals surface area contributed by atoms with E-state index in [1.165, 1.54) is 35.2 Å². The summed E-state index contributed by atoms with van der Waals surface area (Å²) in [6, 6.07) is 14.6. The van der Waals surface area contributed by atoms with E-state index in [1.807, 2.05) is 0 Å². The number of amides is 1. The van der Waals surface area contributed by atoms with Crippen LogP contribution in [0.25, 0.3) is 5.69 Å². The van der Waals surface area contributed by atoms with Crippen molar-refractivity contribution in [3.63, 3.8) is 0 Å². The Labute approximate surface area is 207 Å². The minimum atomic E-state index is -4.85. The van der Waals surface area contributed by atoms with Gasteiger partial charge in [0.25, 0.3) is 5.91 Å². The van der Waals surface area contributed by atoms with Crippen molar-refractivity contribution in [1.82, 2.24) is 19.4 Å². The molecular weight excluding hydrogens is 501 g/mol. The fourth-order valence-electron chi connectivity index (χ4n) is 3.40. The molecule has 0 atom stereocenters. The highest BCUT2D eigenvalue weighted by Gasteiger charge is 2.31. The van der Waals surface area contributed by atoms with Gasteiger partial charge in [-0.1, -0.05) is 23.7 Å². The molecule has 0 unspecified atom stereocenters. The van der Waals surface area contributed by atoms with Crippen LogP contribution in [0.3, 0.4) is 0 Å². The lowest BCUT2D eigenvalue weighted by Crippen LogP contribution is -2.25. The van der Waals surface area contributed by atoms with E-state index in [9.17, 15) is 27.9 Å². The summed E-state index contributed by atoms with van der Waals surface area (Å²) in [4.78, 5) is 29.4. The fraction of sp³-hybridized carbons (Fsp3) is 0.125. The zero-order chi connectivity index (χ0) is 25.9. The molecule has 0 radical (unpaired) electrons. The summed E-state index contributed by atoms with van der Waals surface area (Å²) < 4.78 is 43.0. The van der Waals surface area contributed by atoms with Gasteiger partial charge < -0.3 is 15.2 Å². The van der Waals surface area contributed by atoms with Gasteiger partial charge in [-0.05, 0) is 59.7 Å². The zero-order valence-corrected chi connectivity index (χ0v) is 19.1. The normalized spacial score (nSPS) is 11.3. The molecule has 12 heteroatoms. The monoisotopic (exact) mass is 518 g/mol. The average molecular weight is 519 g/mol. The predicted molar refractivity (Wildman–Crippen MR) is 124 cm³/mol. The average Bonchev–Trinajstić information content (AvgIpc) is 3.11. The van der Waals surface area contributed by atoms with E-state index in [2.05, 4.69) is 15.0 Å². The lowest BCUT2D eigenvalue weighted by Gasteiger charge is -2.09. The molecule has 2 aromatic heterocycles. The van der Waals surface area contributed by atoms with Gasteiger partial charge in [0.2, 0.25) is 5.88 Å². The van der Waals surface area contributed by atoms with Crippen molar-refractivity contribution in [1.29, 1.82) is 0 Å². The van der Waals surface area contributed by atoms with Gasteiger partial charge in [-0.3, -0.25) is 14.3 Å². The Morgan fingerprint density at radius 3 is 2.42 bits per heavy atom. The number of nitrogens with zero attached hydrogens (tertiary/aromatic N) is 3. The van der Waals surface area contributed by atoms with Crippen molar-refractivity contribution in [2.75, 3.05) is 0 Å². The molecular formula is C24H18ClF3N4O4. The standard InChI is InChI=1S/C24H18ClF3N4O4/c25-17-3-1-15(2-4-17)12-30-22(34)20-11-16(9-10-29-20)13-31-14-21(33)32(23(31)35)18-5-7-19(8-6-18)36-24(26,27)28/h1-11,14,33H,12-13H2,(H,30,34). The van der Waals surface area contributed by atoms with Crippen LogP contribution < -0.4 is 15.7 Å². The number of pyridine rings is 1. The highest BCUT2D eigenvalue weighted by atomic mass is 35.5. The lowest BCUT2D eigenvalue weighted by atomic mass is 10.2. The topological polar surface area (TPSA) is 98.4 Å². The molecule has 4 aromatic rings. The van der Waals surface area contributed by atoms with Crippen LogP contribution in [0.15, 0.2) is 77.9 Å². The third-order valence-electron chi connectivity index (χ3n) is 5.04. The first-order valence-electron chi connectivity index (χ1n) is 10.4. The summed E-state index contributed by atoms with van der Waals surface area (Å²) in [5, 5.41) is 13.6. The van der Waals surface area contributed by atoms with Gasteiger partial charge in [-0.15, -0.1) is 13.2 Å². The number of hydrogen-bond acceptors (Lipinski definition) is 5. The third-order valence-corrected chi connectivity index (χ3v) is 5.29. The molecule has 0 saturated heterocycles. The highest BCUT2D eigenvalue weighted by Crippen LogP contribution is 2.24. The van der Waals surface area contributed by atoms with Crippen LogP contribution in [0.2, 0.25) is 5.02 Å². The maximum absolute atomic E-state index is 12.9. The Morgan fingerprint density at radius 2 is 1.75 bits per heavy atom. The molecule has 0 aliphatic rings. The summed E-state index contributed by atoms with van der Waals surface area (Å²) in [6.07, 6.45) is -2.24. The van der Waals surface area contributed by atoms with E-state index in [1.54, 1.807) is 30.3 Å². The van der Waals surface area contributed by atoms with E-state index in [0.717, 1.165) is 22.3 Å². The molecule has 186 valence electrons. The highest BCUT2D eigenvalue weighted by molar-refractivity contribution is 6.30. The number of carbonyl (C=O) groups is 1. The first-order valence-corrected chi connectivity index (χ1v) is 10.8. The second kappa shape index (κ2) is 10.2. The molecule has 0 saturated carbocycles. The van der Waals surface area contributed by atoms with Crippen LogP contribution in [0.5, 0.6) is 11.6 Å². The number of aromatic hydroxyl groups is 1. The molecule has 1 amide bonds. The minimum absolute atomic E-state index is 0.00858. The molecule has 8 nitrogen and oxygen atoms in total. The molecule has 36 heavy (non-hydrogen) atoms. The van der Waals surface area contributed by atoms with Crippen molar-refractivity contribution in [3.05, 3.63) is 105 Å². The number of carbonyl (C=O) groups excluding carboxylic acids is 1. The van der Waals surface area contributed by atoms with Gasteiger partial charge in [0.1, 0.15) is 11.4 Å². The number of hydrogen-bond donors (Lipinski definition) is 2. The van der Waals surface area contributed by atoms with Crippen molar-refractivity contribution < 1.29 is 27.8 Å². The Bertz CT molecular complexity index is 1430. The molecule has 2 heterocycles. The third kappa shape index (κ3) is 6.05. The number of alkyl halides is 3. The first kappa shape index (κ1) is 24.9. The maximum Gasteiger partial charge on any atom is 0.573 e. The van der Waals surface area contributed by atoms with Crippen molar-refractivity contribution in [2.24, 2.45) is 0 Å². The second-order valence-corrected chi connectivity index (χ2v) is 8.07. The van der Waals surface area contributed by atoms with Crippen molar-refractivity contribution >= 4 is 17.5 Å². The Morgan fingerprint density at radius 1 is 1.06 bits per heavy atom. The maximum atomic E-state index is 12.9. The van der Waals surface area contributed by atoms with E-state index in [-0.39, 0.29) is 24.5 Å². The zero-order valence-electron chi connectivity index (χ0n) is 18.4. The predicted octanol–water partition coefficient (Wildman–Crippen LogP) is 4.27. The Kier molecular flexibility index (Phi) is 7.02. The summed E-state index contributed by atoms with van der Waals surface area (Å²) in [7, 11) is 0. The van der Waals surface area contributed by atoms with Crippen LogP contribution >= 0.6 is 11.6 Å². The summed E-state index contributed by atoms with van der Waals surface area (Å²) in [6.45, 7) is 0.277.